The fourth-order valence-corrected chi connectivity index (χ4v) is 4.54. The van der Waals surface area contributed by atoms with Gasteiger partial charge in [-0.1, -0.05) is 54.0 Å². The highest BCUT2D eigenvalue weighted by atomic mass is 35.5. The van der Waals surface area contributed by atoms with E-state index in [1.807, 2.05) is 24.3 Å². The van der Waals surface area contributed by atoms with Crippen molar-refractivity contribution in [3.05, 3.63) is 58.7 Å². The second-order valence-corrected chi connectivity index (χ2v) is 7.13. The first-order chi connectivity index (χ1) is 11.2. The Balaban J connectivity index is 1.74. The number of nitrogens with one attached hydrogen (secondary N) is 1. The van der Waals surface area contributed by atoms with E-state index in [2.05, 4.69) is 23.5 Å². The number of hydrogen-bond donors (Lipinski definition) is 1. The second-order valence-electron chi connectivity index (χ2n) is 6.69. The molecule has 120 valence electrons. The van der Waals surface area contributed by atoms with Crippen molar-refractivity contribution in [2.75, 3.05) is 7.11 Å². The van der Waals surface area contributed by atoms with Crippen LogP contribution in [-0.2, 0) is 9.53 Å². The van der Waals surface area contributed by atoms with Gasteiger partial charge in [0.15, 0.2) is 0 Å². The van der Waals surface area contributed by atoms with E-state index in [9.17, 15) is 4.79 Å². The second kappa shape index (κ2) is 5.50. The van der Waals surface area contributed by atoms with Crippen molar-refractivity contribution in [3.63, 3.8) is 0 Å². The molecule has 3 atom stereocenters. The van der Waals surface area contributed by atoms with Crippen molar-refractivity contribution in [2.45, 2.75) is 31.3 Å². The zero-order valence-corrected chi connectivity index (χ0v) is 13.8. The summed E-state index contributed by atoms with van der Waals surface area (Å²) in [4.78, 5) is 12.4. The molecule has 0 radical (unpaired) electrons. The number of esters is 1. The van der Waals surface area contributed by atoms with E-state index in [0.29, 0.717) is 5.92 Å². The van der Waals surface area contributed by atoms with Gasteiger partial charge in [0.25, 0.3) is 0 Å². The first-order valence-electron chi connectivity index (χ1n) is 8.14. The quantitative estimate of drug-likeness (QED) is 0.838. The topological polar surface area (TPSA) is 38.3 Å². The van der Waals surface area contributed by atoms with E-state index in [0.717, 1.165) is 23.4 Å². The fraction of sp³-hybridized carbons (Fsp3) is 0.421. The normalized spacial score (nSPS) is 30.5. The fourth-order valence-electron chi connectivity index (χ4n) is 4.41. The van der Waals surface area contributed by atoms with Crippen LogP contribution in [0.25, 0.3) is 0 Å². The highest BCUT2D eigenvalue weighted by Gasteiger charge is 2.57. The van der Waals surface area contributed by atoms with Gasteiger partial charge in [-0.3, -0.25) is 10.1 Å². The van der Waals surface area contributed by atoms with E-state index in [1.54, 1.807) is 0 Å². The van der Waals surface area contributed by atoms with Crippen molar-refractivity contribution in [3.8, 4) is 0 Å². The molecule has 0 aromatic heterocycles. The Morgan fingerprint density at radius 2 is 2.04 bits per heavy atom. The third kappa shape index (κ3) is 2.18. The molecule has 3 nitrogen and oxygen atoms in total. The first kappa shape index (κ1) is 15.0. The third-order valence-corrected chi connectivity index (χ3v) is 5.95. The summed E-state index contributed by atoms with van der Waals surface area (Å²) in [5.41, 5.74) is 2.47. The Morgan fingerprint density at radius 3 is 2.65 bits per heavy atom. The number of rotatable bonds is 2. The molecule has 4 heteroatoms. The van der Waals surface area contributed by atoms with Crippen LogP contribution >= 0.6 is 11.6 Å². The number of hydrogen-bond acceptors (Lipinski definition) is 3. The molecule has 1 saturated heterocycles. The molecule has 1 spiro atoms. The molecule has 4 rings (SSSR count). The SMILES string of the molecule is COC(=O)C1NC(c2ccc(Cl)cc2)C2C=CC=C2C12CCC2. The number of ether oxygens (including phenoxy) is 1. The summed E-state index contributed by atoms with van der Waals surface area (Å²) in [6, 6.07) is 7.69. The minimum Gasteiger partial charge on any atom is -0.468 e. The van der Waals surface area contributed by atoms with Crippen LogP contribution in [0.1, 0.15) is 30.9 Å². The lowest BCUT2D eigenvalue weighted by Crippen LogP contribution is -2.61. The minimum atomic E-state index is -0.274. The Morgan fingerprint density at radius 1 is 1.30 bits per heavy atom. The van der Waals surface area contributed by atoms with E-state index < -0.39 is 0 Å². The minimum absolute atomic E-state index is 0.0653. The summed E-state index contributed by atoms with van der Waals surface area (Å²) in [5.74, 6) is 0.146. The van der Waals surface area contributed by atoms with Crippen molar-refractivity contribution >= 4 is 17.6 Å². The molecule has 1 saturated carbocycles. The first-order valence-corrected chi connectivity index (χ1v) is 8.52. The number of allylic oxidation sites excluding steroid dienone is 2. The zero-order valence-electron chi connectivity index (χ0n) is 13.1. The van der Waals surface area contributed by atoms with Crippen molar-refractivity contribution in [1.29, 1.82) is 0 Å². The van der Waals surface area contributed by atoms with Crippen LogP contribution in [0.4, 0.5) is 0 Å². The van der Waals surface area contributed by atoms with Gasteiger partial charge in [0.2, 0.25) is 0 Å². The standard InChI is InChI=1S/C19H20ClNO2/c1-23-18(22)17-19(10-3-11-19)15-5-2-4-14(15)16(21-17)12-6-8-13(20)9-7-12/h2,4-9,14,16-17,21H,3,10-11H2,1H3. The van der Waals surface area contributed by atoms with Crippen LogP contribution in [0, 0.1) is 11.3 Å². The Labute approximate surface area is 141 Å². The smallest absolute Gasteiger partial charge is 0.323 e. The van der Waals surface area contributed by atoms with Gasteiger partial charge >= 0.3 is 5.97 Å². The lowest BCUT2D eigenvalue weighted by Gasteiger charge is -2.55. The molecule has 3 aliphatic rings. The molecule has 1 aromatic rings. The summed E-state index contributed by atoms with van der Waals surface area (Å²) in [6.45, 7) is 0. The van der Waals surface area contributed by atoms with Crippen molar-refractivity contribution < 1.29 is 9.53 Å². The number of fused-ring (bicyclic) bond motifs is 2. The molecule has 1 aromatic carbocycles. The van der Waals surface area contributed by atoms with Gasteiger partial charge in [0.05, 0.1) is 7.11 Å². The van der Waals surface area contributed by atoms with Crippen LogP contribution in [0.3, 0.4) is 0 Å². The Bertz CT molecular complexity index is 688. The van der Waals surface area contributed by atoms with Crippen LogP contribution < -0.4 is 5.32 Å². The number of benzene rings is 1. The number of halogens is 1. The van der Waals surface area contributed by atoms with Crippen LogP contribution in [0.15, 0.2) is 48.1 Å². The largest absolute Gasteiger partial charge is 0.468 e. The van der Waals surface area contributed by atoms with Crippen LogP contribution in [0.5, 0.6) is 0 Å². The molecule has 1 aliphatic heterocycles. The summed E-state index contributed by atoms with van der Waals surface area (Å²) in [6.07, 6.45) is 9.86. The maximum atomic E-state index is 12.4. The highest BCUT2D eigenvalue weighted by molar-refractivity contribution is 6.30. The van der Waals surface area contributed by atoms with Crippen molar-refractivity contribution in [2.24, 2.45) is 11.3 Å². The van der Waals surface area contributed by atoms with E-state index >= 15 is 0 Å². The van der Waals surface area contributed by atoms with Gasteiger partial charge in [-0.2, -0.15) is 0 Å². The van der Waals surface area contributed by atoms with Gasteiger partial charge in [-0.15, -0.1) is 0 Å². The maximum absolute atomic E-state index is 12.4. The molecule has 1 N–H and O–H groups in total. The van der Waals surface area contributed by atoms with Gasteiger partial charge in [-0.05, 0) is 30.5 Å². The summed E-state index contributed by atoms with van der Waals surface area (Å²) < 4.78 is 5.10. The van der Waals surface area contributed by atoms with E-state index in [1.165, 1.54) is 19.1 Å². The van der Waals surface area contributed by atoms with Gasteiger partial charge in [0, 0.05) is 22.4 Å². The van der Waals surface area contributed by atoms with Crippen LogP contribution in [0.2, 0.25) is 5.02 Å². The lowest BCUT2D eigenvalue weighted by atomic mass is 9.54. The molecular weight excluding hydrogens is 310 g/mol. The van der Waals surface area contributed by atoms with Crippen LogP contribution in [-0.4, -0.2) is 19.1 Å². The Kier molecular flexibility index (Phi) is 3.58. The number of carbonyl (C=O) groups is 1. The number of methoxy groups -OCH3 is 1. The molecule has 2 fully saturated rings. The Hall–Kier alpha value is -1.58. The zero-order chi connectivity index (χ0) is 16.0. The summed E-state index contributed by atoms with van der Waals surface area (Å²) in [5, 5.41) is 4.32. The molecular formula is C19H20ClNO2. The number of carbonyl (C=O) groups excluding carboxylic acids is 1. The predicted molar refractivity (Wildman–Crippen MR) is 90.1 cm³/mol. The summed E-state index contributed by atoms with van der Waals surface area (Å²) in [7, 11) is 1.47. The van der Waals surface area contributed by atoms with Gasteiger partial charge < -0.3 is 4.74 Å². The molecule has 1 heterocycles. The molecule has 2 aliphatic carbocycles. The number of piperidine rings is 1. The molecule has 0 amide bonds. The average Bonchev–Trinajstić information content (AvgIpc) is 3.01. The third-order valence-electron chi connectivity index (χ3n) is 5.70. The lowest BCUT2D eigenvalue weighted by molar-refractivity contribution is -0.150. The van der Waals surface area contributed by atoms with E-state index in [4.69, 9.17) is 16.3 Å². The highest BCUT2D eigenvalue weighted by Crippen LogP contribution is 2.58. The molecule has 23 heavy (non-hydrogen) atoms. The summed E-state index contributed by atoms with van der Waals surface area (Å²) >= 11 is 6.02. The monoisotopic (exact) mass is 329 g/mol. The van der Waals surface area contributed by atoms with E-state index in [-0.39, 0.29) is 23.5 Å². The average molecular weight is 330 g/mol. The molecule has 3 unspecified atom stereocenters. The molecule has 0 bridgehead atoms. The van der Waals surface area contributed by atoms with Gasteiger partial charge in [0.1, 0.15) is 6.04 Å². The predicted octanol–water partition coefficient (Wildman–Crippen LogP) is 3.81. The maximum Gasteiger partial charge on any atom is 0.323 e. The van der Waals surface area contributed by atoms with Gasteiger partial charge in [-0.25, -0.2) is 0 Å². The van der Waals surface area contributed by atoms with Crippen molar-refractivity contribution in [1.82, 2.24) is 5.32 Å².